The van der Waals surface area contributed by atoms with E-state index in [4.69, 9.17) is 0 Å². The first-order valence-corrected chi connectivity index (χ1v) is 8.67. The van der Waals surface area contributed by atoms with Crippen LogP contribution in [0.4, 0.5) is 0 Å². The lowest BCUT2D eigenvalue weighted by Gasteiger charge is -2.12. The summed E-state index contributed by atoms with van der Waals surface area (Å²) in [6.07, 6.45) is 2.55. The molecule has 0 aromatic heterocycles. The molecule has 1 aromatic carbocycles. The number of ketones is 1. The summed E-state index contributed by atoms with van der Waals surface area (Å²) >= 11 is 1.43. The maximum absolute atomic E-state index is 12.0. The Morgan fingerprint density at radius 3 is 2.57 bits per heavy atom. The first kappa shape index (κ1) is 15.8. The van der Waals surface area contributed by atoms with Gasteiger partial charge in [-0.25, -0.2) is 13.1 Å². The summed E-state index contributed by atoms with van der Waals surface area (Å²) in [5.41, 5.74) is 0.818. The van der Waals surface area contributed by atoms with Gasteiger partial charge in [-0.2, -0.15) is 0 Å². The van der Waals surface area contributed by atoms with E-state index in [1.807, 2.05) is 16.9 Å². The Morgan fingerprint density at radius 2 is 2.00 bits per heavy atom. The van der Waals surface area contributed by atoms with E-state index in [1.165, 1.54) is 24.8 Å². The third-order valence-electron chi connectivity index (χ3n) is 2.95. The van der Waals surface area contributed by atoms with E-state index in [1.54, 1.807) is 12.1 Å². The van der Waals surface area contributed by atoms with E-state index in [0.717, 1.165) is 12.5 Å². The summed E-state index contributed by atoms with van der Waals surface area (Å²) in [4.78, 5) is 23.0. The number of nitrogens with one attached hydrogen (secondary N) is 1. The van der Waals surface area contributed by atoms with Crippen LogP contribution in [0.3, 0.4) is 0 Å². The van der Waals surface area contributed by atoms with Gasteiger partial charge in [0, 0.05) is 17.1 Å². The molecule has 1 aliphatic rings. The number of carbonyl (C=O) groups excluding carboxylic acids is 2. The van der Waals surface area contributed by atoms with Gasteiger partial charge in [0.2, 0.25) is 5.91 Å². The summed E-state index contributed by atoms with van der Waals surface area (Å²) in [6.45, 7) is 2.66. The Bertz CT molecular complexity index is 722. The van der Waals surface area contributed by atoms with Crippen molar-refractivity contribution in [3.05, 3.63) is 40.8 Å². The number of Topliss-reactive ketones (excluding diaryl/α,β-unsaturated/α-hetero) is 1. The smallest absolute Gasteiger partial charge is 0.264 e. The second-order valence-corrected chi connectivity index (χ2v) is 7.63. The Hall–Kier alpha value is -1.60. The number of allylic oxidation sites excluding steroid dienone is 2. The predicted octanol–water partition coefficient (Wildman–Crippen LogP) is 2.16. The molecule has 21 heavy (non-hydrogen) atoms. The van der Waals surface area contributed by atoms with Gasteiger partial charge >= 0.3 is 0 Å². The van der Waals surface area contributed by atoms with Crippen LogP contribution in [0.15, 0.2) is 40.1 Å². The summed E-state index contributed by atoms with van der Waals surface area (Å²) in [7, 11) is -3.83. The Kier molecular flexibility index (Phi) is 4.53. The maximum atomic E-state index is 12.0. The van der Waals surface area contributed by atoms with Gasteiger partial charge in [0.15, 0.2) is 5.78 Å². The van der Waals surface area contributed by atoms with Crippen LogP contribution in [0.5, 0.6) is 0 Å². The highest BCUT2D eigenvalue weighted by molar-refractivity contribution is 8.04. The molecule has 1 atom stereocenters. The molecule has 7 heteroatoms. The van der Waals surface area contributed by atoms with Crippen molar-refractivity contribution >= 4 is 33.5 Å². The quantitative estimate of drug-likeness (QED) is 0.917. The minimum Gasteiger partial charge on any atom is -0.294 e. The van der Waals surface area contributed by atoms with E-state index in [2.05, 4.69) is 0 Å². The summed E-state index contributed by atoms with van der Waals surface area (Å²) in [5.74, 6) is -0.610. The van der Waals surface area contributed by atoms with Gasteiger partial charge in [-0.3, -0.25) is 9.59 Å². The van der Waals surface area contributed by atoms with Crippen LogP contribution in [0.1, 0.15) is 31.1 Å². The van der Waals surface area contributed by atoms with Crippen molar-refractivity contribution in [1.29, 1.82) is 0 Å². The molecule has 1 heterocycles. The topological polar surface area (TPSA) is 80.3 Å². The van der Waals surface area contributed by atoms with E-state index in [9.17, 15) is 18.0 Å². The number of benzene rings is 1. The van der Waals surface area contributed by atoms with Gasteiger partial charge in [-0.1, -0.05) is 18.2 Å². The lowest BCUT2D eigenvalue weighted by molar-refractivity contribution is -0.117. The van der Waals surface area contributed by atoms with E-state index in [0.29, 0.717) is 11.3 Å². The molecule has 0 fully saturated rings. The van der Waals surface area contributed by atoms with Crippen molar-refractivity contribution in [3.63, 3.8) is 0 Å². The first-order valence-electron chi connectivity index (χ1n) is 6.30. The van der Waals surface area contributed by atoms with Crippen molar-refractivity contribution in [3.8, 4) is 0 Å². The number of thioether (sulfide) groups is 1. The zero-order chi connectivity index (χ0) is 15.6. The monoisotopic (exact) mass is 325 g/mol. The lowest BCUT2D eigenvalue weighted by Crippen LogP contribution is -2.28. The second kappa shape index (κ2) is 6.03. The minimum atomic E-state index is -3.83. The van der Waals surface area contributed by atoms with Crippen LogP contribution >= 0.6 is 11.8 Å². The molecule has 0 saturated heterocycles. The summed E-state index contributed by atoms with van der Waals surface area (Å²) in [6, 6.07) is 6.44. The number of sulfonamides is 1. The van der Waals surface area contributed by atoms with Gasteiger partial charge in [0.25, 0.3) is 10.0 Å². The Balaban J connectivity index is 2.24. The van der Waals surface area contributed by atoms with Crippen molar-refractivity contribution in [2.24, 2.45) is 0 Å². The van der Waals surface area contributed by atoms with Crippen LogP contribution < -0.4 is 4.72 Å². The van der Waals surface area contributed by atoms with Crippen molar-refractivity contribution in [2.75, 3.05) is 0 Å². The van der Waals surface area contributed by atoms with Crippen molar-refractivity contribution in [1.82, 2.24) is 4.72 Å². The molecule has 1 unspecified atom stereocenters. The molecule has 0 radical (unpaired) electrons. The fraction of sp³-hybridized carbons (Fsp3) is 0.286. The molecule has 1 aromatic rings. The first-order chi connectivity index (χ1) is 9.79. The van der Waals surface area contributed by atoms with Crippen LogP contribution in [0.2, 0.25) is 0 Å². The number of hydrogen-bond acceptors (Lipinski definition) is 5. The van der Waals surface area contributed by atoms with Crippen molar-refractivity contribution < 1.29 is 18.0 Å². The summed E-state index contributed by atoms with van der Waals surface area (Å²) < 4.78 is 25.9. The molecule has 1 amide bonds. The van der Waals surface area contributed by atoms with Crippen LogP contribution in [0.25, 0.3) is 0 Å². The lowest BCUT2D eigenvalue weighted by atomic mass is 10.1. The molecular weight excluding hydrogens is 310 g/mol. The van der Waals surface area contributed by atoms with Crippen molar-refractivity contribution in [2.45, 2.75) is 30.4 Å². The molecule has 0 spiro atoms. The average molecular weight is 325 g/mol. The molecule has 0 bridgehead atoms. The zero-order valence-corrected chi connectivity index (χ0v) is 13.3. The van der Waals surface area contributed by atoms with E-state index in [-0.39, 0.29) is 15.9 Å². The molecule has 0 aliphatic carbocycles. The second-order valence-electron chi connectivity index (χ2n) is 4.70. The fourth-order valence-electron chi connectivity index (χ4n) is 2.02. The van der Waals surface area contributed by atoms with Gasteiger partial charge in [-0.15, -0.1) is 11.8 Å². The van der Waals surface area contributed by atoms with Crippen LogP contribution in [-0.4, -0.2) is 20.1 Å². The van der Waals surface area contributed by atoms with Gasteiger partial charge < -0.3 is 0 Å². The standard InChI is InChI=1S/C14H15NO4S2/c1-9(16)13-6-7-14(20-13)11-4-3-5-12(8-11)21(18,19)15-10(2)17/h3-6,8,14H,7H2,1-2H3,(H,15,17). The Labute approximate surface area is 127 Å². The third kappa shape index (κ3) is 3.74. The number of amides is 1. The van der Waals surface area contributed by atoms with Gasteiger partial charge in [0.05, 0.1) is 4.90 Å². The molecule has 1 aliphatic heterocycles. The molecule has 0 saturated carbocycles. The summed E-state index contributed by atoms with van der Waals surface area (Å²) in [5, 5.41) is 0.0244. The highest BCUT2D eigenvalue weighted by Gasteiger charge is 2.24. The molecule has 112 valence electrons. The molecule has 1 N–H and O–H groups in total. The fourth-order valence-corrected chi connectivity index (χ4v) is 4.21. The maximum Gasteiger partial charge on any atom is 0.264 e. The Morgan fingerprint density at radius 1 is 1.29 bits per heavy atom. The van der Waals surface area contributed by atoms with E-state index >= 15 is 0 Å². The van der Waals surface area contributed by atoms with Gasteiger partial charge in [0.1, 0.15) is 0 Å². The largest absolute Gasteiger partial charge is 0.294 e. The highest BCUT2D eigenvalue weighted by atomic mass is 32.2. The van der Waals surface area contributed by atoms with E-state index < -0.39 is 15.9 Å². The molecule has 5 nitrogen and oxygen atoms in total. The van der Waals surface area contributed by atoms with Gasteiger partial charge in [-0.05, 0) is 31.0 Å². The third-order valence-corrected chi connectivity index (χ3v) is 5.84. The SMILES string of the molecule is CC(=O)NS(=O)(=O)c1cccc(C2CC=C(C(C)=O)S2)c1. The highest BCUT2D eigenvalue weighted by Crippen LogP contribution is 2.44. The minimum absolute atomic E-state index is 0.0181. The molecular formula is C14H15NO4S2. The average Bonchev–Trinajstić information content (AvgIpc) is 2.87. The predicted molar refractivity (Wildman–Crippen MR) is 81.2 cm³/mol. The van der Waals surface area contributed by atoms with Crippen LogP contribution in [0, 0.1) is 0 Å². The number of rotatable bonds is 4. The molecule has 2 rings (SSSR count). The normalized spacial score (nSPS) is 18.2. The number of hydrogen-bond donors (Lipinski definition) is 1. The number of carbonyl (C=O) groups is 2. The zero-order valence-electron chi connectivity index (χ0n) is 11.6. The van der Waals surface area contributed by atoms with Crippen LogP contribution in [-0.2, 0) is 19.6 Å².